The minimum Gasteiger partial charge on any atom is -0.456 e. The Morgan fingerprint density at radius 3 is 2.45 bits per heavy atom. The Morgan fingerprint density at radius 2 is 1.85 bits per heavy atom. The van der Waals surface area contributed by atoms with E-state index in [4.69, 9.17) is 10.5 Å². The second kappa shape index (κ2) is 6.24. The van der Waals surface area contributed by atoms with E-state index in [1.165, 1.54) is 6.07 Å². The predicted molar refractivity (Wildman–Crippen MR) is 85.7 cm³/mol. The molecular weight excluding hydrogens is 389 g/mol. The van der Waals surface area contributed by atoms with Crippen LogP contribution in [0.5, 0.6) is 11.5 Å². The van der Waals surface area contributed by atoms with Gasteiger partial charge in [0.25, 0.3) is 0 Å². The molecule has 2 nitrogen and oxygen atoms in total. The molecule has 0 saturated heterocycles. The molecule has 2 aromatic rings. The van der Waals surface area contributed by atoms with Gasteiger partial charge in [-0.05, 0) is 65.7 Å². The van der Waals surface area contributed by atoms with Gasteiger partial charge in [0, 0.05) is 16.1 Å². The van der Waals surface area contributed by atoms with Crippen molar-refractivity contribution in [2.75, 3.05) is 0 Å². The predicted octanol–water partition coefficient (Wildman–Crippen LogP) is 5.47. The third kappa shape index (κ3) is 3.40. The first-order valence-corrected chi connectivity index (χ1v) is 7.65. The van der Waals surface area contributed by atoms with Gasteiger partial charge in [0.05, 0.1) is 4.47 Å². The van der Waals surface area contributed by atoms with Crippen molar-refractivity contribution in [1.82, 2.24) is 0 Å². The maximum Gasteiger partial charge on any atom is 0.141 e. The maximum atomic E-state index is 13.7. The maximum absolute atomic E-state index is 13.7. The second-order valence-electron chi connectivity index (χ2n) is 4.60. The lowest BCUT2D eigenvalue weighted by molar-refractivity contribution is 0.465. The van der Waals surface area contributed by atoms with Crippen LogP contribution in [0, 0.1) is 12.7 Å². The molecule has 2 N–H and O–H groups in total. The van der Waals surface area contributed by atoms with Crippen molar-refractivity contribution in [3.05, 3.63) is 56.2 Å². The Balaban J connectivity index is 2.44. The molecule has 0 fully saturated rings. The van der Waals surface area contributed by atoms with Crippen LogP contribution in [-0.2, 0) is 0 Å². The lowest BCUT2D eigenvalue weighted by Crippen LogP contribution is -2.08. The summed E-state index contributed by atoms with van der Waals surface area (Å²) in [5.74, 6) is 0.947. The molecule has 0 unspecified atom stereocenters. The third-order valence-corrected chi connectivity index (χ3v) is 4.01. The molecule has 0 aromatic heterocycles. The first-order valence-electron chi connectivity index (χ1n) is 6.07. The van der Waals surface area contributed by atoms with Crippen LogP contribution in [0.4, 0.5) is 4.39 Å². The topological polar surface area (TPSA) is 35.2 Å². The van der Waals surface area contributed by atoms with E-state index in [1.54, 1.807) is 19.9 Å². The van der Waals surface area contributed by atoms with Gasteiger partial charge in [0.1, 0.15) is 17.3 Å². The van der Waals surface area contributed by atoms with Crippen molar-refractivity contribution in [1.29, 1.82) is 0 Å². The summed E-state index contributed by atoms with van der Waals surface area (Å²) in [5, 5.41) is 0. The van der Waals surface area contributed by atoms with E-state index in [0.717, 1.165) is 8.95 Å². The van der Waals surface area contributed by atoms with Crippen LogP contribution in [-0.4, -0.2) is 0 Å². The van der Waals surface area contributed by atoms with Crippen molar-refractivity contribution >= 4 is 31.9 Å². The molecule has 2 aromatic carbocycles. The normalized spacial score (nSPS) is 12.3. The fraction of sp³-hybridized carbons (Fsp3) is 0.200. The van der Waals surface area contributed by atoms with Gasteiger partial charge < -0.3 is 10.5 Å². The summed E-state index contributed by atoms with van der Waals surface area (Å²) < 4.78 is 21.3. The Bertz CT molecular complexity index is 644. The molecule has 5 heteroatoms. The number of halogens is 3. The van der Waals surface area contributed by atoms with Gasteiger partial charge in [-0.25, -0.2) is 4.39 Å². The Hall–Kier alpha value is -0.910. The number of hydrogen-bond donors (Lipinski definition) is 1. The molecule has 106 valence electrons. The molecule has 0 bridgehead atoms. The minimum atomic E-state index is -0.311. The van der Waals surface area contributed by atoms with E-state index in [-0.39, 0.29) is 11.9 Å². The molecule has 20 heavy (non-hydrogen) atoms. The molecule has 0 heterocycles. The molecule has 0 aliphatic rings. The summed E-state index contributed by atoms with van der Waals surface area (Å²) in [7, 11) is 0. The van der Waals surface area contributed by atoms with Gasteiger partial charge in [-0.15, -0.1) is 0 Å². The molecule has 0 spiro atoms. The Morgan fingerprint density at radius 1 is 1.15 bits per heavy atom. The van der Waals surface area contributed by atoms with Gasteiger partial charge in [-0.2, -0.15) is 0 Å². The van der Waals surface area contributed by atoms with E-state index in [1.807, 2.05) is 18.2 Å². The van der Waals surface area contributed by atoms with Crippen molar-refractivity contribution in [3.63, 3.8) is 0 Å². The summed E-state index contributed by atoms with van der Waals surface area (Å²) in [6.45, 7) is 3.50. The molecular formula is C15H14Br2FNO. The fourth-order valence-corrected chi connectivity index (χ4v) is 2.92. The molecule has 0 aliphatic carbocycles. The van der Waals surface area contributed by atoms with Crippen LogP contribution in [0.15, 0.2) is 39.3 Å². The highest BCUT2D eigenvalue weighted by atomic mass is 79.9. The number of rotatable bonds is 3. The van der Waals surface area contributed by atoms with Crippen LogP contribution >= 0.6 is 31.9 Å². The van der Waals surface area contributed by atoms with Gasteiger partial charge in [-0.3, -0.25) is 0 Å². The second-order valence-corrected chi connectivity index (χ2v) is 6.37. The van der Waals surface area contributed by atoms with Crippen molar-refractivity contribution < 1.29 is 9.13 Å². The fourth-order valence-electron chi connectivity index (χ4n) is 1.79. The van der Waals surface area contributed by atoms with Gasteiger partial charge in [0.15, 0.2) is 0 Å². The highest BCUT2D eigenvalue weighted by molar-refractivity contribution is 9.11. The first kappa shape index (κ1) is 15.5. The van der Waals surface area contributed by atoms with E-state index < -0.39 is 0 Å². The van der Waals surface area contributed by atoms with Crippen LogP contribution in [0.2, 0.25) is 0 Å². The average Bonchev–Trinajstić information content (AvgIpc) is 2.36. The molecule has 0 radical (unpaired) electrons. The Kier molecular flexibility index (Phi) is 4.83. The molecule has 0 amide bonds. The summed E-state index contributed by atoms with van der Waals surface area (Å²) >= 11 is 6.82. The van der Waals surface area contributed by atoms with Crippen LogP contribution in [0.3, 0.4) is 0 Å². The van der Waals surface area contributed by atoms with E-state index in [0.29, 0.717) is 22.6 Å². The number of nitrogens with two attached hydrogens (primary N) is 1. The number of benzene rings is 2. The first-order chi connectivity index (χ1) is 9.38. The van der Waals surface area contributed by atoms with Crippen molar-refractivity contribution in [2.45, 2.75) is 19.9 Å². The summed E-state index contributed by atoms with van der Waals surface area (Å²) in [5.41, 5.74) is 7.05. The lowest BCUT2D eigenvalue weighted by Gasteiger charge is -2.16. The standard InChI is InChI=1S/C15H14Br2FNO/c1-8-5-15(11(9(2)19)7-13(8)18)20-14-4-3-10(16)6-12(14)17/h3-7,9H,19H2,1-2H3/t9-/m0/s1. The summed E-state index contributed by atoms with van der Waals surface area (Å²) in [6, 6.07) is 8.39. The quantitative estimate of drug-likeness (QED) is 0.738. The molecule has 0 aliphatic heterocycles. The molecule has 0 saturated carbocycles. The van der Waals surface area contributed by atoms with Gasteiger partial charge in [0.2, 0.25) is 0 Å². The largest absolute Gasteiger partial charge is 0.456 e. The number of hydrogen-bond acceptors (Lipinski definition) is 2. The summed E-state index contributed by atoms with van der Waals surface area (Å²) in [4.78, 5) is 0. The van der Waals surface area contributed by atoms with Gasteiger partial charge >= 0.3 is 0 Å². The van der Waals surface area contributed by atoms with Crippen LogP contribution in [0.1, 0.15) is 24.1 Å². The van der Waals surface area contributed by atoms with E-state index >= 15 is 0 Å². The monoisotopic (exact) mass is 401 g/mol. The van der Waals surface area contributed by atoms with Crippen LogP contribution in [0.25, 0.3) is 0 Å². The lowest BCUT2D eigenvalue weighted by atomic mass is 10.1. The van der Waals surface area contributed by atoms with Crippen LogP contribution < -0.4 is 10.5 Å². The zero-order valence-electron chi connectivity index (χ0n) is 11.1. The average molecular weight is 403 g/mol. The van der Waals surface area contributed by atoms with E-state index in [9.17, 15) is 4.39 Å². The summed E-state index contributed by atoms with van der Waals surface area (Å²) in [6.07, 6.45) is 0. The molecule has 2 rings (SSSR count). The highest BCUT2D eigenvalue weighted by Gasteiger charge is 2.14. The van der Waals surface area contributed by atoms with Crippen molar-refractivity contribution in [2.24, 2.45) is 5.73 Å². The zero-order valence-corrected chi connectivity index (χ0v) is 14.3. The molecule has 1 atom stereocenters. The highest BCUT2D eigenvalue weighted by Crippen LogP contribution is 2.35. The minimum absolute atomic E-state index is 0.278. The van der Waals surface area contributed by atoms with E-state index in [2.05, 4.69) is 31.9 Å². The third-order valence-electron chi connectivity index (χ3n) is 2.90. The Labute approximate surface area is 134 Å². The SMILES string of the molecule is Cc1cc(Oc2ccc(Br)cc2Br)c([C@H](C)N)cc1F. The number of aryl methyl sites for hydroxylation is 1. The smallest absolute Gasteiger partial charge is 0.141 e. The van der Waals surface area contributed by atoms with Crippen molar-refractivity contribution in [3.8, 4) is 11.5 Å². The van der Waals surface area contributed by atoms with Gasteiger partial charge in [-0.1, -0.05) is 15.9 Å². The number of ether oxygens (including phenoxy) is 1. The zero-order chi connectivity index (χ0) is 14.9.